The number of hydrogen-bond acceptors (Lipinski definition) is 3. The maximum Gasteiger partial charge on any atom is 0.117 e. The predicted molar refractivity (Wildman–Crippen MR) is 48.6 cm³/mol. The van der Waals surface area contributed by atoms with Crippen LogP contribution in [0.3, 0.4) is 0 Å². The zero-order chi connectivity index (χ0) is 8.81. The summed E-state index contributed by atoms with van der Waals surface area (Å²) in [5.41, 5.74) is 10.8. The molecule has 0 aromatic carbocycles. The van der Waals surface area contributed by atoms with Crippen molar-refractivity contribution in [1.29, 1.82) is 0 Å². The Hall–Kier alpha value is -0.800. The van der Waals surface area contributed by atoms with Gasteiger partial charge in [0, 0.05) is 6.42 Å². The normalized spacial score (nSPS) is 10.5. The molecular weight excluding hydrogens is 152 g/mol. The number of nitrogens with two attached hydrogens (primary N) is 2. The lowest BCUT2D eigenvalue weighted by Gasteiger charge is -1.94. The van der Waals surface area contributed by atoms with E-state index in [4.69, 9.17) is 15.9 Å². The molecule has 12 heavy (non-hydrogen) atoms. The first-order valence-corrected chi connectivity index (χ1v) is 4.34. The largest absolute Gasteiger partial charge is 0.465 e. The fraction of sp³-hybridized carbons (Fsp3) is 0.556. The van der Waals surface area contributed by atoms with E-state index in [9.17, 15) is 0 Å². The Labute approximate surface area is 72.7 Å². The van der Waals surface area contributed by atoms with Crippen LogP contribution in [0.25, 0.3) is 0 Å². The first kappa shape index (κ1) is 9.29. The third-order valence-corrected chi connectivity index (χ3v) is 1.80. The molecule has 0 amide bonds. The average Bonchev–Trinajstić information content (AvgIpc) is 2.53. The summed E-state index contributed by atoms with van der Waals surface area (Å²) >= 11 is 0. The second-order valence-corrected chi connectivity index (χ2v) is 2.82. The van der Waals surface area contributed by atoms with Crippen LogP contribution in [-0.2, 0) is 13.0 Å². The van der Waals surface area contributed by atoms with E-state index in [0.717, 1.165) is 37.3 Å². The van der Waals surface area contributed by atoms with Gasteiger partial charge in [-0.3, -0.25) is 0 Å². The van der Waals surface area contributed by atoms with Crippen molar-refractivity contribution < 1.29 is 4.42 Å². The smallest absolute Gasteiger partial charge is 0.117 e. The van der Waals surface area contributed by atoms with Crippen molar-refractivity contribution in [3.8, 4) is 0 Å². The van der Waals surface area contributed by atoms with Gasteiger partial charge in [-0.15, -0.1) is 0 Å². The third-order valence-electron chi connectivity index (χ3n) is 1.80. The zero-order valence-corrected chi connectivity index (χ0v) is 7.25. The number of aryl methyl sites for hydroxylation is 1. The second-order valence-electron chi connectivity index (χ2n) is 2.82. The molecule has 0 aliphatic carbocycles. The summed E-state index contributed by atoms with van der Waals surface area (Å²) in [6, 6.07) is 3.91. The van der Waals surface area contributed by atoms with E-state index in [1.807, 2.05) is 12.1 Å². The molecule has 1 rings (SSSR count). The van der Waals surface area contributed by atoms with Crippen molar-refractivity contribution >= 4 is 0 Å². The summed E-state index contributed by atoms with van der Waals surface area (Å²) in [6.07, 6.45) is 3.11. The van der Waals surface area contributed by atoms with Crippen molar-refractivity contribution in [3.63, 3.8) is 0 Å². The van der Waals surface area contributed by atoms with Crippen LogP contribution < -0.4 is 11.5 Å². The van der Waals surface area contributed by atoms with Crippen LogP contribution >= 0.6 is 0 Å². The highest BCUT2D eigenvalue weighted by Crippen LogP contribution is 2.09. The molecule has 1 aromatic heterocycles. The molecule has 1 aromatic rings. The zero-order valence-electron chi connectivity index (χ0n) is 7.25. The first-order valence-electron chi connectivity index (χ1n) is 4.34. The number of hydrogen-bond donors (Lipinski definition) is 2. The van der Waals surface area contributed by atoms with Crippen molar-refractivity contribution in [2.45, 2.75) is 25.8 Å². The summed E-state index contributed by atoms with van der Waals surface area (Å²) in [6.45, 7) is 1.24. The van der Waals surface area contributed by atoms with E-state index < -0.39 is 0 Å². The highest BCUT2D eigenvalue weighted by Gasteiger charge is 1.99. The van der Waals surface area contributed by atoms with Crippen molar-refractivity contribution in [3.05, 3.63) is 23.7 Å². The Kier molecular flexibility index (Phi) is 3.84. The topological polar surface area (TPSA) is 65.2 Å². The molecule has 0 spiro atoms. The lowest BCUT2D eigenvalue weighted by Crippen LogP contribution is -1.98. The van der Waals surface area contributed by atoms with Crippen molar-refractivity contribution in [2.24, 2.45) is 11.5 Å². The number of rotatable bonds is 5. The van der Waals surface area contributed by atoms with Gasteiger partial charge < -0.3 is 15.9 Å². The highest BCUT2D eigenvalue weighted by molar-refractivity contribution is 5.06. The SMILES string of the molecule is NCCCCc1ccc(CN)o1. The molecule has 0 saturated carbocycles. The number of unbranched alkanes of at least 4 members (excludes halogenated alkanes) is 1. The standard InChI is InChI=1S/C9H16N2O/c10-6-2-1-3-8-4-5-9(7-11)12-8/h4-5H,1-3,6-7,10-11H2. The minimum atomic E-state index is 0.483. The molecule has 0 aliphatic rings. The molecule has 4 N–H and O–H groups in total. The molecule has 0 fully saturated rings. The van der Waals surface area contributed by atoms with Crippen LogP contribution in [0.15, 0.2) is 16.5 Å². The summed E-state index contributed by atoms with van der Waals surface area (Å²) in [4.78, 5) is 0. The van der Waals surface area contributed by atoms with E-state index in [0.29, 0.717) is 6.54 Å². The minimum Gasteiger partial charge on any atom is -0.465 e. The maximum absolute atomic E-state index is 5.41. The van der Waals surface area contributed by atoms with Gasteiger partial charge >= 0.3 is 0 Å². The van der Waals surface area contributed by atoms with Gasteiger partial charge in [-0.2, -0.15) is 0 Å². The summed E-state index contributed by atoms with van der Waals surface area (Å²) in [5.74, 6) is 1.88. The lowest BCUT2D eigenvalue weighted by molar-refractivity contribution is 0.459. The molecule has 0 radical (unpaired) electrons. The molecule has 0 aliphatic heterocycles. The van der Waals surface area contributed by atoms with Gasteiger partial charge in [-0.05, 0) is 31.5 Å². The molecule has 0 unspecified atom stereocenters. The van der Waals surface area contributed by atoms with Gasteiger partial charge in [0.05, 0.1) is 6.54 Å². The molecule has 0 atom stereocenters. The van der Waals surface area contributed by atoms with Crippen molar-refractivity contribution in [2.75, 3.05) is 6.54 Å². The predicted octanol–water partition coefficient (Wildman–Crippen LogP) is 1.02. The highest BCUT2D eigenvalue weighted by atomic mass is 16.3. The van der Waals surface area contributed by atoms with Gasteiger partial charge in [0.25, 0.3) is 0 Å². The fourth-order valence-corrected chi connectivity index (χ4v) is 1.11. The van der Waals surface area contributed by atoms with Gasteiger partial charge in [-0.1, -0.05) is 0 Å². The fourth-order valence-electron chi connectivity index (χ4n) is 1.11. The van der Waals surface area contributed by atoms with E-state index in [-0.39, 0.29) is 0 Å². The van der Waals surface area contributed by atoms with Crippen LogP contribution in [0.1, 0.15) is 24.4 Å². The Morgan fingerprint density at radius 1 is 1.08 bits per heavy atom. The Morgan fingerprint density at radius 3 is 2.42 bits per heavy atom. The summed E-state index contributed by atoms with van der Waals surface area (Å²) in [7, 11) is 0. The van der Waals surface area contributed by atoms with Gasteiger partial charge in [-0.25, -0.2) is 0 Å². The first-order chi connectivity index (χ1) is 5.86. The summed E-state index contributed by atoms with van der Waals surface area (Å²) < 4.78 is 5.41. The lowest BCUT2D eigenvalue weighted by atomic mass is 10.2. The Balaban J connectivity index is 2.31. The van der Waals surface area contributed by atoms with E-state index in [1.165, 1.54) is 0 Å². The van der Waals surface area contributed by atoms with Crippen LogP contribution in [0.4, 0.5) is 0 Å². The minimum absolute atomic E-state index is 0.483. The monoisotopic (exact) mass is 168 g/mol. The molecule has 0 bridgehead atoms. The molecule has 0 saturated heterocycles. The van der Waals surface area contributed by atoms with Gasteiger partial charge in [0.2, 0.25) is 0 Å². The molecule has 1 heterocycles. The molecule has 68 valence electrons. The van der Waals surface area contributed by atoms with Crippen LogP contribution in [0, 0.1) is 0 Å². The van der Waals surface area contributed by atoms with E-state index >= 15 is 0 Å². The van der Waals surface area contributed by atoms with Crippen LogP contribution in [-0.4, -0.2) is 6.54 Å². The molecule has 3 heteroatoms. The van der Waals surface area contributed by atoms with Gasteiger partial charge in [0.1, 0.15) is 11.5 Å². The third kappa shape index (κ3) is 2.68. The Bertz CT molecular complexity index is 220. The summed E-state index contributed by atoms with van der Waals surface area (Å²) in [5, 5.41) is 0. The quantitative estimate of drug-likeness (QED) is 0.645. The average molecular weight is 168 g/mol. The van der Waals surface area contributed by atoms with E-state index in [1.54, 1.807) is 0 Å². The second kappa shape index (κ2) is 4.95. The van der Waals surface area contributed by atoms with E-state index in [2.05, 4.69) is 0 Å². The van der Waals surface area contributed by atoms with Gasteiger partial charge in [0.15, 0.2) is 0 Å². The van der Waals surface area contributed by atoms with Crippen molar-refractivity contribution in [1.82, 2.24) is 0 Å². The molecule has 3 nitrogen and oxygen atoms in total. The maximum atomic E-state index is 5.41. The number of furan rings is 1. The van der Waals surface area contributed by atoms with Crippen LogP contribution in [0.5, 0.6) is 0 Å². The Morgan fingerprint density at radius 2 is 1.83 bits per heavy atom. The molecular formula is C9H16N2O. The van der Waals surface area contributed by atoms with Crippen LogP contribution in [0.2, 0.25) is 0 Å².